The minimum absolute atomic E-state index is 0.0838. The fraction of sp³-hybridized carbons (Fsp3) is 0.778. The molecule has 5 nitrogen and oxygen atoms in total. The number of halogens is 3. The summed E-state index contributed by atoms with van der Waals surface area (Å²) < 4.78 is 39.0. The Bertz CT molecular complexity index is 267. The molecule has 100 valence electrons. The third kappa shape index (κ3) is 11.0. The van der Waals surface area contributed by atoms with Gasteiger partial charge in [0.15, 0.2) is 0 Å². The number of carbonyl (C=O) groups is 2. The van der Waals surface area contributed by atoms with Crippen LogP contribution in [-0.2, 0) is 14.3 Å². The van der Waals surface area contributed by atoms with Gasteiger partial charge in [0.2, 0.25) is 5.91 Å². The van der Waals surface area contributed by atoms with Crippen LogP contribution in [0.4, 0.5) is 13.2 Å². The van der Waals surface area contributed by atoms with Crippen LogP contribution in [0.2, 0.25) is 0 Å². The minimum Gasteiger partial charge on any atom is -0.481 e. The lowest BCUT2D eigenvalue weighted by Crippen LogP contribution is -2.33. The Hall–Kier alpha value is -1.31. The summed E-state index contributed by atoms with van der Waals surface area (Å²) in [7, 11) is 0. The number of nitrogens with one attached hydrogen (secondary N) is 1. The summed E-state index contributed by atoms with van der Waals surface area (Å²) in [4.78, 5) is 21.2. The Morgan fingerprint density at radius 3 is 2.47 bits per heavy atom. The first-order valence-electron chi connectivity index (χ1n) is 4.83. The van der Waals surface area contributed by atoms with Gasteiger partial charge in [-0.2, -0.15) is 13.2 Å². The molecule has 0 aliphatic heterocycles. The number of ether oxygens (including phenoxy) is 1. The molecule has 0 aromatic rings. The zero-order chi connectivity index (χ0) is 13.5. The molecule has 17 heavy (non-hydrogen) atoms. The first-order chi connectivity index (χ1) is 7.70. The van der Waals surface area contributed by atoms with Gasteiger partial charge in [0.05, 0.1) is 0 Å². The fourth-order valence-corrected chi connectivity index (χ4v) is 0.969. The summed E-state index contributed by atoms with van der Waals surface area (Å²) in [5.74, 6) is -1.99. The van der Waals surface area contributed by atoms with E-state index in [1.165, 1.54) is 0 Å². The van der Waals surface area contributed by atoms with Crippen LogP contribution in [0.15, 0.2) is 0 Å². The molecule has 0 aliphatic rings. The van der Waals surface area contributed by atoms with Gasteiger partial charge in [-0.05, 0) is 5.92 Å². The number of carboxylic acid groups (broad SMARTS) is 1. The lowest BCUT2D eigenvalue weighted by Gasteiger charge is -2.11. The highest BCUT2D eigenvalue weighted by Gasteiger charge is 2.27. The van der Waals surface area contributed by atoms with Crippen molar-refractivity contribution in [3.8, 4) is 0 Å². The van der Waals surface area contributed by atoms with Crippen molar-refractivity contribution in [1.82, 2.24) is 5.32 Å². The SMILES string of the molecule is CC(CNC(=O)COCC(F)(F)F)CC(=O)O. The summed E-state index contributed by atoms with van der Waals surface area (Å²) in [6, 6.07) is 0. The minimum atomic E-state index is -4.46. The number of rotatable bonds is 7. The second-order valence-electron chi connectivity index (χ2n) is 3.62. The number of hydrogen-bond donors (Lipinski definition) is 2. The van der Waals surface area contributed by atoms with Crippen molar-refractivity contribution in [2.45, 2.75) is 19.5 Å². The van der Waals surface area contributed by atoms with E-state index < -0.39 is 31.3 Å². The third-order valence-electron chi connectivity index (χ3n) is 1.67. The molecule has 0 bridgehead atoms. The maximum absolute atomic E-state index is 11.6. The van der Waals surface area contributed by atoms with Crippen LogP contribution in [0, 0.1) is 5.92 Å². The lowest BCUT2D eigenvalue weighted by molar-refractivity contribution is -0.175. The monoisotopic (exact) mass is 257 g/mol. The maximum Gasteiger partial charge on any atom is 0.411 e. The number of carbonyl (C=O) groups excluding carboxylic acids is 1. The van der Waals surface area contributed by atoms with Gasteiger partial charge >= 0.3 is 12.1 Å². The smallest absolute Gasteiger partial charge is 0.411 e. The molecule has 8 heteroatoms. The van der Waals surface area contributed by atoms with Gasteiger partial charge < -0.3 is 15.2 Å². The predicted octanol–water partition coefficient (Wildman–Crippen LogP) is 0.792. The van der Waals surface area contributed by atoms with Crippen LogP contribution in [0.5, 0.6) is 0 Å². The fourth-order valence-electron chi connectivity index (χ4n) is 0.969. The van der Waals surface area contributed by atoms with E-state index in [1.807, 2.05) is 0 Å². The molecule has 0 aromatic carbocycles. The van der Waals surface area contributed by atoms with Crippen LogP contribution >= 0.6 is 0 Å². The molecule has 0 fully saturated rings. The standard InChI is InChI=1S/C9H14F3NO4/c1-6(2-8(15)16)3-13-7(14)4-17-5-9(10,11)12/h6H,2-5H2,1H3,(H,13,14)(H,15,16). The van der Waals surface area contributed by atoms with Gasteiger partial charge in [0, 0.05) is 13.0 Å². The Kier molecular flexibility index (Phi) is 6.55. The highest BCUT2D eigenvalue weighted by molar-refractivity contribution is 5.77. The van der Waals surface area contributed by atoms with Crippen LogP contribution in [0.1, 0.15) is 13.3 Å². The number of hydrogen-bond acceptors (Lipinski definition) is 3. The Labute approximate surface area is 95.9 Å². The van der Waals surface area contributed by atoms with E-state index in [9.17, 15) is 22.8 Å². The summed E-state index contributed by atoms with van der Waals surface area (Å²) in [5.41, 5.74) is 0. The van der Waals surface area contributed by atoms with Crippen molar-refractivity contribution in [1.29, 1.82) is 0 Å². The molecule has 0 radical (unpaired) electrons. The Morgan fingerprint density at radius 2 is 2.00 bits per heavy atom. The van der Waals surface area contributed by atoms with Crippen LogP contribution in [0.25, 0.3) is 0 Å². The number of aliphatic carboxylic acids is 1. The molecule has 0 rings (SSSR count). The molecule has 0 heterocycles. The Balaban J connectivity index is 3.63. The molecule has 0 saturated heterocycles. The van der Waals surface area contributed by atoms with Gasteiger partial charge in [0.25, 0.3) is 0 Å². The lowest BCUT2D eigenvalue weighted by atomic mass is 10.1. The van der Waals surface area contributed by atoms with E-state index in [0.717, 1.165) is 0 Å². The molecular formula is C9H14F3NO4. The average Bonchev–Trinajstić information content (AvgIpc) is 2.11. The molecule has 1 atom stereocenters. The second kappa shape index (κ2) is 7.10. The van der Waals surface area contributed by atoms with Crippen LogP contribution in [0.3, 0.4) is 0 Å². The highest BCUT2D eigenvalue weighted by Crippen LogP contribution is 2.14. The summed E-state index contributed by atoms with van der Waals surface area (Å²) >= 11 is 0. The van der Waals surface area contributed by atoms with E-state index in [4.69, 9.17) is 5.11 Å². The number of alkyl halides is 3. The third-order valence-corrected chi connectivity index (χ3v) is 1.67. The quantitative estimate of drug-likeness (QED) is 0.707. The molecular weight excluding hydrogens is 243 g/mol. The van der Waals surface area contributed by atoms with Crippen molar-refractivity contribution < 1.29 is 32.6 Å². The highest BCUT2D eigenvalue weighted by atomic mass is 19.4. The second-order valence-corrected chi connectivity index (χ2v) is 3.62. The normalized spacial score (nSPS) is 13.2. The first kappa shape index (κ1) is 15.7. The van der Waals surface area contributed by atoms with Gasteiger partial charge in [-0.15, -0.1) is 0 Å². The molecule has 1 amide bonds. The van der Waals surface area contributed by atoms with Crippen molar-refractivity contribution in [2.75, 3.05) is 19.8 Å². The molecule has 2 N–H and O–H groups in total. The topological polar surface area (TPSA) is 75.6 Å². The van der Waals surface area contributed by atoms with Crippen molar-refractivity contribution in [3.05, 3.63) is 0 Å². The predicted molar refractivity (Wildman–Crippen MR) is 51.3 cm³/mol. The maximum atomic E-state index is 11.6. The van der Waals surface area contributed by atoms with Gasteiger partial charge in [-0.3, -0.25) is 9.59 Å². The van der Waals surface area contributed by atoms with Crippen molar-refractivity contribution in [3.63, 3.8) is 0 Å². The Morgan fingerprint density at radius 1 is 1.41 bits per heavy atom. The van der Waals surface area contributed by atoms with Gasteiger partial charge in [-0.25, -0.2) is 0 Å². The van der Waals surface area contributed by atoms with E-state index in [0.29, 0.717) is 0 Å². The summed E-state index contributed by atoms with van der Waals surface area (Å²) in [5, 5.41) is 10.7. The van der Waals surface area contributed by atoms with Gasteiger partial charge in [-0.1, -0.05) is 6.92 Å². The van der Waals surface area contributed by atoms with E-state index >= 15 is 0 Å². The number of amides is 1. The van der Waals surface area contributed by atoms with Crippen molar-refractivity contribution >= 4 is 11.9 Å². The summed E-state index contributed by atoms with van der Waals surface area (Å²) in [6.45, 7) is -0.490. The first-order valence-corrected chi connectivity index (χ1v) is 4.83. The molecule has 1 unspecified atom stereocenters. The van der Waals surface area contributed by atoms with Gasteiger partial charge in [0.1, 0.15) is 13.2 Å². The van der Waals surface area contributed by atoms with E-state index in [1.54, 1.807) is 6.92 Å². The molecule has 0 saturated carbocycles. The molecule has 0 aromatic heterocycles. The van der Waals surface area contributed by atoms with E-state index in [2.05, 4.69) is 10.1 Å². The summed E-state index contributed by atoms with van der Waals surface area (Å²) in [6.07, 6.45) is -4.58. The van der Waals surface area contributed by atoms with Crippen LogP contribution < -0.4 is 5.32 Å². The molecule has 0 spiro atoms. The largest absolute Gasteiger partial charge is 0.481 e. The average molecular weight is 257 g/mol. The number of carboxylic acids is 1. The van der Waals surface area contributed by atoms with Crippen LogP contribution in [-0.4, -0.2) is 42.9 Å². The van der Waals surface area contributed by atoms with E-state index in [-0.39, 0.29) is 18.9 Å². The zero-order valence-corrected chi connectivity index (χ0v) is 9.21. The van der Waals surface area contributed by atoms with Crippen molar-refractivity contribution in [2.24, 2.45) is 5.92 Å². The zero-order valence-electron chi connectivity index (χ0n) is 9.21. The molecule has 0 aliphatic carbocycles.